The molecule has 0 spiro atoms. The third kappa shape index (κ3) is 2.55. The van der Waals surface area contributed by atoms with Crippen molar-refractivity contribution >= 4 is 28.8 Å². The summed E-state index contributed by atoms with van der Waals surface area (Å²) in [6, 6.07) is 0. The van der Waals surface area contributed by atoms with E-state index in [9.17, 15) is 4.79 Å². The molecule has 0 aromatic carbocycles. The molecular formula is C11H15ClN2OS. The van der Waals surface area contributed by atoms with E-state index < -0.39 is 0 Å². The molecular weight excluding hydrogens is 244 g/mol. The molecule has 0 bridgehead atoms. The SMILES string of the molecule is O=C(NC1(CCl)CCCCC1)c1cncs1. The number of aromatic nitrogens is 1. The van der Waals surface area contributed by atoms with Crippen molar-refractivity contribution in [2.24, 2.45) is 0 Å². The van der Waals surface area contributed by atoms with Gasteiger partial charge in [0, 0.05) is 5.88 Å². The molecule has 1 aromatic rings. The average molecular weight is 259 g/mol. The maximum Gasteiger partial charge on any atom is 0.263 e. The molecule has 0 aliphatic heterocycles. The van der Waals surface area contributed by atoms with Crippen molar-refractivity contribution < 1.29 is 4.79 Å². The number of carbonyl (C=O) groups excluding carboxylic acids is 1. The lowest BCUT2D eigenvalue weighted by atomic mass is 9.83. The Labute approximate surface area is 104 Å². The van der Waals surface area contributed by atoms with Crippen molar-refractivity contribution in [3.63, 3.8) is 0 Å². The summed E-state index contributed by atoms with van der Waals surface area (Å²) in [5.74, 6) is 0.461. The van der Waals surface area contributed by atoms with Crippen LogP contribution in [0.25, 0.3) is 0 Å². The molecule has 1 N–H and O–H groups in total. The molecule has 3 nitrogen and oxygen atoms in total. The molecule has 1 aliphatic rings. The lowest BCUT2D eigenvalue weighted by Crippen LogP contribution is -2.51. The van der Waals surface area contributed by atoms with Crippen molar-refractivity contribution in [1.82, 2.24) is 10.3 Å². The molecule has 16 heavy (non-hydrogen) atoms. The number of rotatable bonds is 3. The molecule has 0 atom stereocenters. The van der Waals surface area contributed by atoms with Crippen LogP contribution in [0.4, 0.5) is 0 Å². The monoisotopic (exact) mass is 258 g/mol. The molecule has 2 rings (SSSR count). The van der Waals surface area contributed by atoms with Crippen LogP contribution >= 0.6 is 22.9 Å². The molecule has 0 radical (unpaired) electrons. The first-order chi connectivity index (χ1) is 7.76. The quantitative estimate of drug-likeness (QED) is 0.847. The summed E-state index contributed by atoms with van der Waals surface area (Å²) in [7, 11) is 0. The van der Waals surface area contributed by atoms with Crippen LogP contribution in [0.2, 0.25) is 0 Å². The highest BCUT2D eigenvalue weighted by Crippen LogP contribution is 2.29. The van der Waals surface area contributed by atoms with E-state index in [1.54, 1.807) is 11.7 Å². The highest BCUT2D eigenvalue weighted by atomic mass is 35.5. The van der Waals surface area contributed by atoms with E-state index in [-0.39, 0.29) is 11.4 Å². The second-order valence-corrected chi connectivity index (χ2v) is 5.45. The summed E-state index contributed by atoms with van der Waals surface area (Å²) in [4.78, 5) is 16.5. The van der Waals surface area contributed by atoms with E-state index in [0.717, 1.165) is 25.7 Å². The summed E-state index contributed by atoms with van der Waals surface area (Å²) >= 11 is 7.38. The van der Waals surface area contributed by atoms with Gasteiger partial charge in [-0.1, -0.05) is 19.3 Å². The fourth-order valence-electron chi connectivity index (χ4n) is 2.15. The Bertz CT molecular complexity index is 347. The molecule has 88 valence electrons. The van der Waals surface area contributed by atoms with Gasteiger partial charge in [-0.05, 0) is 12.8 Å². The van der Waals surface area contributed by atoms with Crippen LogP contribution in [0.15, 0.2) is 11.7 Å². The molecule has 0 saturated heterocycles. The normalized spacial score (nSPS) is 19.3. The van der Waals surface area contributed by atoms with E-state index in [4.69, 9.17) is 11.6 Å². The first-order valence-electron chi connectivity index (χ1n) is 5.53. The number of alkyl halides is 1. The molecule has 5 heteroatoms. The highest BCUT2D eigenvalue weighted by Gasteiger charge is 2.33. The van der Waals surface area contributed by atoms with E-state index in [0.29, 0.717) is 10.8 Å². The Hall–Kier alpha value is -0.610. The Morgan fingerprint density at radius 1 is 1.50 bits per heavy atom. The minimum absolute atomic E-state index is 0.0370. The molecule has 1 saturated carbocycles. The lowest BCUT2D eigenvalue weighted by molar-refractivity contribution is 0.0889. The van der Waals surface area contributed by atoms with Crippen molar-refractivity contribution in [3.8, 4) is 0 Å². The van der Waals surface area contributed by atoms with Crippen molar-refractivity contribution in [2.45, 2.75) is 37.6 Å². The zero-order valence-electron chi connectivity index (χ0n) is 9.04. The lowest BCUT2D eigenvalue weighted by Gasteiger charge is -2.36. The Kier molecular flexibility index (Phi) is 3.82. The highest BCUT2D eigenvalue weighted by molar-refractivity contribution is 7.11. The van der Waals surface area contributed by atoms with Crippen LogP contribution in [0.3, 0.4) is 0 Å². The molecule has 1 amide bonds. The van der Waals surface area contributed by atoms with E-state index in [1.807, 2.05) is 0 Å². The predicted octanol–water partition coefficient (Wildman–Crippen LogP) is 2.81. The van der Waals surface area contributed by atoms with Gasteiger partial charge in [0.2, 0.25) is 0 Å². The van der Waals surface area contributed by atoms with Gasteiger partial charge in [-0.15, -0.1) is 22.9 Å². The molecule has 0 unspecified atom stereocenters. The van der Waals surface area contributed by atoms with Gasteiger partial charge < -0.3 is 5.32 Å². The second kappa shape index (κ2) is 5.15. The van der Waals surface area contributed by atoms with Gasteiger partial charge in [-0.3, -0.25) is 9.78 Å². The predicted molar refractivity (Wildman–Crippen MR) is 66.1 cm³/mol. The first-order valence-corrected chi connectivity index (χ1v) is 6.94. The van der Waals surface area contributed by atoms with Crippen molar-refractivity contribution in [2.75, 3.05) is 5.88 Å². The maximum atomic E-state index is 11.9. The molecule has 1 heterocycles. The third-order valence-electron chi connectivity index (χ3n) is 3.10. The number of hydrogen-bond donors (Lipinski definition) is 1. The summed E-state index contributed by atoms with van der Waals surface area (Å²) in [5, 5.41) is 3.08. The number of halogens is 1. The van der Waals surface area contributed by atoms with Gasteiger partial charge in [0.1, 0.15) is 4.88 Å². The molecule has 1 aliphatic carbocycles. The minimum atomic E-state index is -0.194. The van der Waals surface area contributed by atoms with E-state index >= 15 is 0 Å². The Morgan fingerprint density at radius 2 is 2.25 bits per heavy atom. The van der Waals surface area contributed by atoms with Gasteiger partial charge >= 0.3 is 0 Å². The number of amides is 1. The number of nitrogens with one attached hydrogen (secondary N) is 1. The second-order valence-electron chi connectivity index (χ2n) is 4.29. The van der Waals surface area contributed by atoms with Crippen LogP contribution in [0, 0.1) is 0 Å². The summed E-state index contributed by atoms with van der Waals surface area (Å²) in [5.41, 5.74) is 1.48. The topological polar surface area (TPSA) is 42.0 Å². The fraction of sp³-hybridized carbons (Fsp3) is 0.636. The van der Waals surface area contributed by atoms with Crippen LogP contribution in [0.1, 0.15) is 41.8 Å². The van der Waals surface area contributed by atoms with Gasteiger partial charge in [0.05, 0.1) is 17.2 Å². The zero-order valence-corrected chi connectivity index (χ0v) is 10.6. The molecule has 1 aromatic heterocycles. The maximum absolute atomic E-state index is 11.9. The summed E-state index contributed by atoms with van der Waals surface area (Å²) in [6.07, 6.45) is 7.12. The number of carbonyl (C=O) groups is 1. The number of hydrogen-bond acceptors (Lipinski definition) is 3. The minimum Gasteiger partial charge on any atom is -0.345 e. The third-order valence-corrected chi connectivity index (χ3v) is 4.38. The largest absolute Gasteiger partial charge is 0.345 e. The standard InChI is InChI=1S/C11H15ClN2OS/c12-7-11(4-2-1-3-5-11)14-10(15)9-6-13-8-16-9/h6,8H,1-5,7H2,(H,14,15). The molecule has 1 fully saturated rings. The smallest absolute Gasteiger partial charge is 0.263 e. The average Bonchev–Trinajstić information content (AvgIpc) is 2.84. The van der Waals surface area contributed by atoms with Crippen molar-refractivity contribution in [3.05, 3.63) is 16.6 Å². The van der Waals surface area contributed by atoms with Crippen LogP contribution < -0.4 is 5.32 Å². The Morgan fingerprint density at radius 3 is 2.81 bits per heavy atom. The summed E-state index contributed by atoms with van der Waals surface area (Å²) in [6.45, 7) is 0. The number of nitrogens with zero attached hydrogens (tertiary/aromatic N) is 1. The van der Waals surface area contributed by atoms with E-state index in [2.05, 4.69) is 10.3 Å². The van der Waals surface area contributed by atoms with Crippen LogP contribution in [0.5, 0.6) is 0 Å². The first kappa shape index (κ1) is 11.9. The zero-order chi connectivity index (χ0) is 11.4. The van der Waals surface area contributed by atoms with Crippen LogP contribution in [-0.2, 0) is 0 Å². The van der Waals surface area contributed by atoms with Gasteiger partial charge in [0.15, 0.2) is 0 Å². The van der Waals surface area contributed by atoms with Crippen molar-refractivity contribution in [1.29, 1.82) is 0 Å². The van der Waals surface area contributed by atoms with Gasteiger partial charge in [-0.2, -0.15) is 0 Å². The summed E-state index contributed by atoms with van der Waals surface area (Å²) < 4.78 is 0. The van der Waals surface area contributed by atoms with Gasteiger partial charge in [-0.25, -0.2) is 0 Å². The van der Waals surface area contributed by atoms with Crippen LogP contribution in [-0.4, -0.2) is 22.3 Å². The number of thiazole rings is 1. The fourth-order valence-corrected chi connectivity index (χ4v) is 3.00. The van der Waals surface area contributed by atoms with E-state index in [1.165, 1.54) is 17.8 Å². The van der Waals surface area contributed by atoms with Gasteiger partial charge in [0.25, 0.3) is 5.91 Å². The Balaban J connectivity index is 2.03.